The molecule has 0 aromatic heterocycles. The number of alkyl halides is 27. The van der Waals surface area contributed by atoms with Gasteiger partial charge in [-0.15, -0.1) is 0 Å². The van der Waals surface area contributed by atoms with Crippen molar-refractivity contribution in [1.29, 1.82) is 0 Å². The van der Waals surface area contributed by atoms with Crippen molar-refractivity contribution in [2.75, 3.05) is 0 Å². The monoisotopic (exact) mass is 758 g/mol. The van der Waals surface area contributed by atoms with Gasteiger partial charge in [0.1, 0.15) is 0 Å². The molecule has 0 aliphatic carbocycles. The number of hydrogen-bond donors (Lipinski definition) is 1. The number of aliphatic carboxylic acids is 1. The molecule has 1 N–H and O–H groups in total. The largest absolute Gasteiger partial charge is 0.478 e. The molecule has 0 atom stereocenters. The summed E-state index contributed by atoms with van der Waals surface area (Å²) in [5.41, 5.74) is 0. The fourth-order valence-corrected chi connectivity index (χ4v) is 2.50. The minimum Gasteiger partial charge on any atom is -0.478 e. The van der Waals surface area contributed by atoms with Crippen LogP contribution in [-0.2, 0) is 4.79 Å². The standard InChI is InChI=1S/C16H2F28O2/c17-2(1-3(45)46)4(18,19)5(20,21)6(22,23)7(24,25)8(26,27)9(28,29)10(30,31)11(32,33)12(34,35)13(36,37)14(38,39)15(40,41)16(42,43)44/h1H,(H,45,46). The number of carboxylic acids is 1. The molecule has 0 fully saturated rings. The van der Waals surface area contributed by atoms with E-state index in [0.717, 1.165) is 0 Å². The van der Waals surface area contributed by atoms with E-state index in [9.17, 15) is 128 Å². The summed E-state index contributed by atoms with van der Waals surface area (Å²) in [4.78, 5) is 9.98. The second-order valence-electron chi connectivity index (χ2n) is 8.22. The maximum absolute atomic E-state index is 13.7. The maximum Gasteiger partial charge on any atom is 0.460 e. The van der Waals surface area contributed by atoms with Crippen LogP contribution in [-0.4, -0.2) is 88.3 Å². The molecule has 0 spiro atoms. The van der Waals surface area contributed by atoms with Crippen LogP contribution in [0.25, 0.3) is 0 Å². The topological polar surface area (TPSA) is 37.3 Å². The van der Waals surface area contributed by atoms with Gasteiger partial charge in [-0.1, -0.05) is 0 Å². The van der Waals surface area contributed by atoms with Gasteiger partial charge in [0.15, 0.2) is 5.83 Å². The molecule has 46 heavy (non-hydrogen) atoms. The van der Waals surface area contributed by atoms with Gasteiger partial charge in [-0.25, -0.2) is 9.18 Å². The fraction of sp³-hybridized carbons (Fsp3) is 0.812. The second kappa shape index (κ2) is 10.6. The van der Waals surface area contributed by atoms with Gasteiger partial charge in [-0.3, -0.25) is 0 Å². The predicted octanol–water partition coefficient (Wildman–Crippen LogP) is 9.11. The summed E-state index contributed by atoms with van der Waals surface area (Å²) in [7, 11) is 0. The Morgan fingerprint density at radius 2 is 0.522 bits per heavy atom. The van der Waals surface area contributed by atoms with Crippen molar-refractivity contribution in [2.24, 2.45) is 0 Å². The van der Waals surface area contributed by atoms with Gasteiger partial charge in [-0.05, 0) is 0 Å². The van der Waals surface area contributed by atoms with E-state index in [4.69, 9.17) is 5.11 Å². The first kappa shape index (κ1) is 43.2. The van der Waals surface area contributed by atoms with Crippen LogP contribution in [0.15, 0.2) is 11.9 Å². The molecule has 0 bridgehead atoms. The molecule has 0 amide bonds. The molecule has 0 aromatic rings. The van der Waals surface area contributed by atoms with Crippen molar-refractivity contribution in [3.05, 3.63) is 11.9 Å². The highest BCUT2D eigenvalue weighted by Gasteiger charge is 3.00. The van der Waals surface area contributed by atoms with Gasteiger partial charge in [0.25, 0.3) is 0 Å². The van der Waals surface area contributed by atoms with Gasteiger partial charge >= 0.3 is 83.2 Å². The summed E-state index contributed by atoms with van der Waals surface area (Å²) in [5, 5.41) is 7.87. The fourth-order valence-electron chi connectivity index (χ4n) is 2.50. The summed E-state index contributed by atoms with van der Waals surface area (Å²) in [6, 6.07) is 0. The van der Waals surface area contributed by atoms with Crippen molar-refractivity contribution >= 4 is 5.97 Å². The first-order valence-electron chi connectivity index (χ1n) is 9.55. The minimum absolute atomic E-state index is 1.95. The Morgan fingerprint density at radius 1 is 0.348 bits per heavy atom. The van der Waals surface area contributed by atoms with E-state index in [1.54, 1.807) is 0 Å². The number of hydrogen-bond acceptors (Lipinski definition) is 1. The third-order valence-corrected chi connectivity index (χ3v) is 5.24. The van der Waals surface area contributed by atoms with E-state index in [-0.39, 0.29) is 0 Å². The average molecular weight is 758 g/mol. The van der Waals surface area contributed by atoms with Crippen molar-refractivity contribution < 1.29 is 133 Å². The Labute approximate surface area is 229 Å². The maximum atomic E-state index is 13.7. The van der Waals surface area contributed by atoms with E-state index in [1.807, 2.05) is 0 Å². The highest BCUT2D eigenvalue weighted by Crippen LogP contribution is 2.68. The Morgan fingerprint density at radius 3 is 0.696 bits per heavy atom. The third kappa shape index (κ3) is 5.03. The van der Waals surface area contributed by atoms with Crippen LogP contribution in [0.5, 0.6) is 0 Å². The Bertz CT molecular complexity index is 1190. The minimum atomic E-state index is -9.91. The van der Waals surface area contributed by atoms with Crippen molar-refractivity contribution in [3.63, 3.8) is 0 Å². The molecular weight excluding hydrogens is 756 g/mol. The molecule has 0 aromatic carbocycles. The highest BCUT2D eigenvalue weighted by molar-refractivity contribution is 5.80. The molecule has 30 heteroatoms. The molecular formula is C16H2F28O2. The van der Waals surface area contributed by atoms with E-state index in [2.05, 4.69) is 0 Å². The van der Waals surface area contributed by atoms with Crippen LogP contribution in [0.1, 0.15) is 0 Å². The lowest BCUT2D eigenvalue weighted by molar-refractivity contribution is -0.484. The summed E-state index contributed by atoms with van der Waals surface area (Å²) in [6.07, 6.45) is -10.2. The van der Waals surface area contributed by atoms with E-state index < -0.39 is 95.1 Å². The molecule has 0 rings (SSSR count). The molecule has 0 saturated carbocycles. The van der Waals surface area contributed by atoms with Gasteiger partial charge < -0.3 is 5.11 Å². The zero-order valence-corrected chi connectivity index (χ0v) is 19.5. The Kier molecular flexibility index (Phi) is 9.99. The van der Waals surface area contributed by atoms with Gasteiger partial charge in [0.2, 0.25) is 0 Å². The SMILES string of the molecule is O=C(O)C=C(F)C(F)(F)C(F)(F)C(F)(F)C(F)(F)C(F)(F)C(F)(F)C(F)(F)C(F)(F)C(F)(F)C(F)(F)C(F)(F)C(F)(F)C(F)(F)F. The Hall–Kier alpha value is -2.75. The summed E-state index contributed by atoms with van der Waals surface area (Å²) >= 11 is 0. The number of carbonyl (C=O) groups is 1. The number of allylic oxidation sites excluding steroid dienone is 1. The van der Waals surface area contributed by atoms with Crippen LogP contribution in [0, 0.1) is 0 Å². The molecule has 0 saturated heterocycles. The zero-order valence-electron chi connectivity index (χ0n) is 19.5. The van der Waals surface area contributed by atoms with Crippen LogP contribution >= 0.6 is 0 Å². The van der Waals surface area contributed by atoms with Gasteiger partial charge in [0.05, 0.1) is 6.08 Å². The summed E-state index contributed by atoms with van der Waals surface area (Å²) in [6.45, 7) is 0. The number of carboxylic acid groups (broad SMARTS) is 1. The van der Waals surface area contributed by atoms with E-state index in [1.165, 1.54) is 0 Å². The first-order chi connectivity index (χ1) is 19.3. The molecule has 0 heterocycles. The van der Waals surface area contributed by atoms with Crippen LogP contribution < -0.4 is 0 Å². The van der Waals surface area contributed by atoms with Gasteiger partial charge in [0, 0.05) is 0 Å². The normalized spacial score (nSPS) is 17.0. The second-order valence-corrected chi connectivity index (χ2v) is 8.22. The van der Waals surface area contributed by atoms with Crippen LogP contribution in [0.2, 0.25) is 0 Å². The van der Waals surface area contributed by atoms with Crippen LogP contribution in [0.3, 0.4) is 0 Å². The summed E-state index contributed by atoms with van der Waals surface area (Å²) < 4.78 is 371. The predicted molar refractivity (Wildman–Crippen MR) is 82.2 cm³/mol. The summed E-state index contributed by atoms with van der Waals surface area (Å²) in [5.74, 6) is -120. The van der Waals surface area contributed by atoms with E-state index >= 15 is 0 Å². The molecule has 0 radical (unpaired) electrons. The van der Waals surface area contributed by atoms with Crippen molar-refractivity contribution in [3.8, 4) is 0 Å². The lowest BCUT2D eigenvalue weighted by atomic mass is 9.84. The number of halogens is 28. The van der Waals surface area contributed by atoms with Crippen molar-refractivity contribution in [1.82, 2.24) is 0 Å². The van der Waals surface area contributed by atoms with Crippen LogP contribution in [0.4, 0.5) is 123 Å². The Balaban J connectivity index is 7.54. The third-order valence-electron chi connectivity index (χ3n) is 5.24. The lowest BCUT2D eigenvalue weighted by Gasteiger charge is -2.46. The molecule has 0 unspecified atom stereocenters. The smallest absolute Gasteiger partial charge is 0.460 e. The highest BCUT2D eigenvalue weighted by atomic mass is 19.4. The molecule has 2 nitrogen and oxygen atoms in total. The quantitative estimate of drug-likeness (QED) is 0.150. The van der Waals surface area contributed by atoms with E-state index in [0.29, 0.717) is 0 Å². The molecule has 274 valence electrons. The molecule has 0 aliphatic heterocycles. The average Bonchev–Trinajstić information content (AvgIpc) is 2.81. The van der Waals surface area contributed by atoms with Gasteiger partial charge in [-0.2, -0.15) is 119 Å². The van der Waals surface area contributed by atoms with Crippen molar-refractivity contribution in [2.45, 2.75) is 77.2 Å². The number of rotatable bonds is 13. The first-order valence-corrected chi connectivity index (χ1v) is 9.55. The molecule has 0 aliphatic rings. The lowest BCUT2D eigenvalue weighted by Crippen LogP contribution is -2.78. The zero-order chi connectivity index (χ0) is 38.4.